The number of benzene rings is 4. The highest BCUT2D eigenvalue weighted by Gasteiger charge is 2.45. The molecule has 4 aromatic carbocycles. The van der Waals surface area contributed by atoms with Gasteiger partial charge >= 0.3 is 0 Å². The molecule has 13 nitrogen and oxygen atoms in total. The highest BCUT2D eigenvalue weighted by atomic mass is 31.2. The number of nitrogens with one attached hydrogen (secondary N) is 1. The van der Waals surface area contributed by atoms with E-state index in [0.29, 0.717) is 35.6 Å². The van der Waals surface area contributed by atoms with Crippen molar-refractivity contribution in [2.75, 3.05) is 46.3 Å². The normalized spacial score (nSPS) is 20.1. The Labute approximate surface area is 320 Å². The number of hydrogen-bond acceptors (Lipinski definition) is 11. The number of imidazole rings is 1. The quantitative estimate of drug-likeness (QED) is 0.0968. The van der Waals surface area contributed by atoms with E-state index in [1.807, 2.05) is 96.5 Å². The van der Waals surface area contributed by atoms with Crippen molar-refractivity contribution in [3.05, 3.63) is 144 Å². The maximum absolute atomic E-state index is 13.0. The molecule has 4 heterocycles. The predicted octanol–water partition coefficient (Wildman–Crippen LogP) is 6.97. The van der Waals surface area contributed by atoms with E-state index in [9.17, 15) is 4.79 Å². The number of methoxy groups -OCH3 is 2. The largest absolute Gasteiger partial charge is 0.497 e. The zero-order valence-corrected chi connectivity index (χ0v) is 31.5. The lowest BCUT2D eigenvalue weighted by Gasteiger charge is -2.37. The van der Waals surface area contributed by atoms with Crippen LogP contribution in [0.1, 0.15) is 39.7 Å². The van der Waals surface area contributed by atoms with Gasteiger partial charge in [0.05, 0.1) is 39.9 Å². The molecule has 0 aliphatic carbocycles. The maximum Gasteiger partial charge on any atom is 0.258 e. The Morgan fingerprint density at radius 2 is 1.49 bits per heavy atom. The summed E-state index contributed by atoms with van der Waals surface area (Å²) < 4.78 is 41.9. The fourth-order valence-electron chi connectivity index (χ4n) is 6.99. The average Bonchev–Trinajstić information content (AvgIpc) is 3.98. The second-order valence-corrected chi connectivity index (χ2v) is 14.8. The van der Waals surface area contributed by atoms with Crippen LogP contribution in [0.5, 0.6) is 11.5 Å². The Bertz CT molecular complexity index is 2160. The number of carbonyl (C=O) groups excluding carboxylic acids is 1. The molecule has 2 aliphatic rings. The molecule has 0 radical (unpaired) electrons. The second-order valence-electron chi connectivity index (χ2n) is 13.1. The van der Waals surface area contributed by atoms with Gasteiger partial charge in [-0.2, -0.15) is 0 Å². The first-order valence-electron chi connectivity index (χ1n) is 18.0. The molecule has 1 amide bonds. The fraction of sp³-hybridized carbons (Fsp3) is 0.268. The Hall–Kier alpha value is -5.27. The van der Waals surface area contributed by atoms with Crippen LogP contribution in [-0.4, -0.2) is 83.3 Å². The van der Waals surface area contributed by atoms with Crippen LogP contribution in [0.3, 0.4) is 0 Å². The third-order valence-electron chi connectivity index (χ3n) is 9.88. The Morgan fingerprint density at radius 3 is 2.11 bits per heavy atom. The Balaban J connectivity index is 1.14. The van der Waals surface area contributed by atoms with Crippen LogP contribution in [-0.2, 0) is 24.1 Å². The van der Waals surface area contributed by atoms with E-state index < -0.39 is 32.6 Å². The van der Waals surface area contributed by atoms with Crippen LogP contribution in [0, 0.1) is 0 Å². The third kappa shape index (κ3) is 7.42. The summed E-state index contributed by atoms with van der Waals surface area (Å²) in [4.78, 5) is 26.6. The molecule has 0 spiro atoms. The molecule has 4 atom stereocenters. The molecule has 2 fully saturated rings. The van der Waals surface area contributed by atoms with Gasteiger partial charge in [-0.25, -0.2) is 19.6 Å². The van der Waals surface area contributed by atoms with E-state index in [1.165, 1.54) is 6.33 Å². The maximum atomic E-state index is 13.0. The Morgan fingerprint density at radius 1 is 0.855 bits per heavy atom. The van der Waals surface area contributed by atoms with E-state index in [1.54, 1.807) is 32.7 Å². The molecule has 2 aromatic heterocycles. The number of nitrogens with zero attached hydrogens (tertiary/aromatic N) is 5. The molecule has 2 aliphatic heterocycles. The van der Waals surface area contributed by atoms with Gasteiger partial charge in [0.2, 0.25) is 0 Å². The minimum absolute atomic E-state index is 0.154. The minimum Gasteiger partial charge on any atom is -0.497 e. The monoisotopic (exact) mass is 760 g/mol. The zero-order valence-electron chi connectivity index (χ0n) is 30.6. The van der Waals surface area contributed by atoms with E-state index in [0.717, 1.165) is 34.7 Å². The first-order chi connectivity index (χ1) is 27.0. The van der Waals surface area contributed by atoms with Crippen LogP contribution in [0.2, 0.25) is 0 Å². The van der Waals surface area contributed by atoms with Crippen molar-refractivity contribution < 1.29 is 32.8 Å². The number of amides is 1. The number of rotatable bonds is 13. The number of hydrogen-bond donors (Lipinski definition) is 1. The Kier molecular flexibility index (Phi) is 10.8. The van der Waals surface area contributed by atoms with Gasteiger partial charge in [-0.1, -0.05) is 72.8 Å². The predicted molar refractivity (Wildman–Crippen MR) is 207 cm³/mol. The minimum atomic E-state index is -1.30. The van der Waals surface area contributed by atoms with Crippen LogP contribution in [0.25, 0.3) is 11.2 Å². The number of aromatic nitrogens is 4. The van der Waals surface area contributed by atoms with Crippen LogP contribution < -0.4 is 14.8 Å². The van der Waals surface area contributed by atoms with Gasteiger partial charge in [0.15, 0.2) is 17.0 Å². The number of ether oxygens (including phenoxy) is 4. The zero-order chi connectivity index (χ0) is 37.8. The van der Waals surface area contributed by atoms with Gasteiger partial charge in [-0.3, -0.25) is 9.36 Å². The lowest BCUT2D eigenvalue weighted by atomic mass is 9.80. The van der Waals surface area contributed by atoms with E-state index >= 15 is 0 Å². The van der Waals surface area contributed by atoms with Gasteiger partial charge in [-0.05, 0) is 60.1 Å². The molecule has 0 saturated carbocycles. The molecule has 1 unspecified atom stereocenters. The summed E-state index contributed by atoms with van der Waals surface area (Å²) >= 11 is 0. The summed E-state index contributed by atoms with van der Waals surface area (Å²) in [6.07, 6.45) is 2.08. The highest BCUT2D eigenvalue weighted by Crippen LogP contribution is 2.50. The molecule has 0 bridgehead atoms. The molecule has 55 heavy (non-hydrogen) atoms. The summed E-state index contributed by atoms with van der Waals surface area (Å²) in [6.45, 7) is 1.52. The van der Waals surface area contributed by atoms with Crippen molar-refractivity contribution in [2.45, 2.75) is 30.5 Å². The number of fused-ring (bicyclic) bond motifs is 1. The standard InChI is InChI=1S/C41H41N6O7P/c1-46-22-23-52-55(46)54-34-24-36(47-27-44-37-38(42-26-43-39(37)47)45-40(48)28-10-6-4-7-11-28)53-35(34)25-51-41(29-12-8-5-9-13-29,30-14-18-32(49-2)19-15-30)31-16-20-33(50-3)21-17-31/h4-21,26-27,34-36H,22-25H2,1-3H3,(H,42,43,45,48)/t34-,35+,36+,55?/m0/s1. The van der Waals surface area contributed by atoms with E-state index in [-0.39, 0.29) is 12.5 Å². The summed E-state index contributed by atoms with van der Waals surface area (Å²) in [6, 6.07) is 34.9. The van der Waals surface area contributed by atoms with E-state index in [2.05, 4.69) is 37.1 Å². The molecular weight excluding hydrogens is 719 g/mol. The summed E-state index contributed by atoms with van der Waals surface area (Å²) in [5, 5.41) is 2.89. The first-order valence-corrected chi connectivity index (χ1v) is 19.1. The van der Waals surface area contributed by atoms with Crippen molar-refractivity contribution >= 4 is 31.4 Å². The van der Waals surface area contributed by atoms with Gasteiger partial charge in [0, 0.05) is 18.5 Å². The average molecular weight is 761 g/mol. The molecule has 282 valence electrons. The van der Waals surface area contributed by atoms with Gasteiger partial charge in [-0.15, -0.1) is 0 Å². The molecular formula is C41H41N6O7P. The molecule has 14 heteroatoms. The van der Waals surface area contributed by atoms with Crippen molar-refractivity contribution in [2.24, 2.45) is 0 Å². The molecule has 2 saturated heterocycles. The third-order valence-corrected chi connectivity index (χ3v) is 11.5. The molecule has 1 N–H and O–H groups in total. The number of carbonyl (C=O) groups is 1. The van der Waals surface area contributed by atoms with Gasteiger partial charge < -0.3 is 33.3 Å². The van der Waals surface area contributed by atoms with Gasteiger partial charge in [0.25, 0.3) is 14.4 Å². The SMILES string of the molecule is COc1ccc(C(OC[C@H]2O[C@@H](n3cnc4c(NC(=O)c5ccccc5)ncnc43)C[C@@H]2OP2OCCN2C)(c2ccccc2)c2ccc(OC)cc2)cc1. The molecule has 8 rings (SSSR count). The van der Waals surface area contributed by atoms with Crippen molar-refractivity contribution in [3.63, 3.8) is 0 Å². The topological polar surface area (TPSA) is 131 Å². The number of anilines is 1. The lowest BCUT2D eigenvalue weighted by Crippen LogP contribution is -2.38. The summed E-state index contributed by atoms with van der Waals surface area (Å²) in [5.41, 5.74) is 3.15. The summed E-state index contributed by atoms with van der Waals surface area (Å²) in [5.74, 6) is 1.48. The highest BCUT2D eigenvalue weighted by molar-refractivity contribution is 7.44. The van der Waals surface area contributed by atoms with Crippen molar-refractivity contribution in [3.8, 4) is 11.5 Å². The smallest absolute Gasteiger partial charge is 0.258 e. The second kappa shape index (κ2) is 16.2. The van der Waals surface area contributed by atoms with Crippen LogP contribution >= 0.6 is 8.53 Å². The van der Waals surface area contributed by atoms with Crippen LogP contribution in [0.4, 0.5) is 5.82 Å². The first kappa shape index (κ1) is 36.7. The fourth-order valence-corrected chi connectivity index (χ4v) is 8.35. The van der Waals surface area contributed by atoms with Crippen molar-refractivity contribution in [1.29, 1.82) is 0 Å². The van der Waals surface area contributed by atoms with Crippen molar-refractivity contribution in [1.82, 2.24) is 24.2 Å². The van der Waals surface area contributed by atoms with Crippen LogP contribution in [0.15, 0.2) is 122 Å². The van der Waals surface area contributed by atoms with E-state index in [4.69, 9.17) is 28.0 Å². The number of likely N-dealkylation sites (N-methyl/N-ethyl adjacent to an activating group) is 1. The van der Waals surface area contributed by atoms with Gasteiger partial charge in [0.1, 0.15) is 35.8 Å². The molecule has 6 aromatic rings. The summed E-state index contributed by atoms with van der Waals surface area (Å²) in [7, 11) is 4.00. The lowest BCUT2D eigenvalue weighted by molar-refractivity contribution is -0.0905.